The molecule has 0 bridgehead atoms. The minimum atomic E-state index is -0.872. The van der Waals surface area contributed by atoms with Gasteiger partial charge >= 0.3 is 6.09 Å². The number of nitro groups is 1. The zero-order chi connectivity index (χ0) is 16.3. The Hall–Kier alpha value is -2.15. The fraction of sp³-hybridized carbons (Fsp3) is 0.533. The van der Waals surface area contributed by atoms with Crippen LogP contribution in [0.15, 0.2) is 12.1 Å². The summed E-state index contributed by atoms with van der Waals surface area (Å²) in [6, 6.07) is 3.71. The molecule has 1 aromatic carbocycles. The third-order valence-corrected chi connectivity index (χ3v) is 4.20. The smallest absolute Gasteiger partial charge is 0.407 e. The Morgan fingerprint density at radius 2 is 2.00 bits per heavy atom. The highest BCUT2D eigenvalue weighted by molar-refractivity contribution is 5.65. The van der Waals surface area contributed by atoms with Crippen LogP contribution in [-0.4, -0.2) is 40.2 Å². The summed E-state index contributed by atoms with van der Waals surface area (Å²) in [7, 11) is 0. The molecule has 1 aliphatic heterocycles. The lowest BCUT2D eigenvalue weighted by Crippen LogP contribution is -2.44. The van der Waals surface area contributed by atoms with Crippen molar-refractivity contribution in [2.24, 2.45) is 0 Å². The van der Waals surface area contributed by atoms with Crippen LogP contribution in [0.1, 0.15) is 29.5 Å². The van der Waals surface area contributed by atoms with Gasteiger partial charge in [0, 0.05) is 37.3 Å². The normalized spacial score (nSPS) is 15.8. The second-order valence-corrected chi connectivity index (χ2v) is 5.75. The van der Waals surface area contributed by atoms with Crippen LogP contribution in [-0.2, 0) is 6.54 Å². The van der Waals surface area contributed by atoms with Crippen LogP contribution < -0.4 is 5.32 Å². The summed E-state index contributed by atoms with van der Waals surface area (Å²) in [6.45, 7) is 5.30. The standard InChI is InChI=1S/C15H21N3O4/c1-10-7-11(2)14(18(21)22)8-12(10)9-16-13-3-5-17(6-4-13)15(19)20/h7-8,13,16H,3-6,9H2,1-2H3,(H,19,20). The molecule has 2 N–H and O–H groups in total. The third-order valence-electron chi connectivity index (χ3n) is 4.20. The first-order chi connectivity index (χ1) is 10.4. The van der Waals surface area contributed by atoms with E-state index in [2.05, 4.69) is 5.32 Å². The van der Waals surface area contributed by atoms with E-state index in [1.165, 1.54) is 4.90 Å². The number of nitrogens with one attached hydrogen (secondary N) is 1. The van der Waals surface area contributed by atoms with Gasteiger partial charge < -0.3 is 15.3 Å². The average molecular weight is 307 g/mol. The summed E-state index contributed by atoms with van der Waals surface area (Å²) < 4.78 is 0. The molecule has 1 heterocycles. The van der Waals surface area contributed by atoms with Gasteiger partial charge in [-0.1, -0.05) is 0 Å². The number of hydrogen-bond acceptors (Lipinski definition) is 4. The van der Waals surface area contributed by atoms with Gasteiger partial charge in [0.05, 0.1) is 4.92 Å². The number of carboxylic acid groups (broad SMARTS) is 1. The molecule has 0 spiro atoms. The van der Waals surface area contributed by atoms with Gasteiger partial charge in [0.2, 0.25) is 0 Å². The number of benzene rings is 1. The minimum Gasteiger partial charge on any atom is -0.465 e. The number of carbonyl (C=O) groups is 1. The highest BCUT2D eigenvalue weighted by atomic mass is 16.6. The van der Waals surface area contributed by atoms with Crippen molar-refractivity contribution in [2.75, 3.05) is 13.1 Å². The molecule has 0 unspecified atom stereocenters. The van der Waals surface area contributed by atoms with E-state index >= 15 is 0 Å². The van der Waals surface area contributed by atoms with Crippen molar-refractivity contribution < 1.29 is 14.8 Å². The highest BCUT2D eigenvalue weighted by Gasteiger charge is 2.22. The van der Waals surface area contributed by atoms with E-state index in [4.69, 9.17) is 5.11 Å². The number of hydrogen-bond donors (Lipinski definition) is 2. The third kappa shape index (κ3) is 3.73. The monoisotopic (exact) mass is 307 g/mol. The maximum atomic E-state index is 11.0. The van der Waals surface area contributed by atoms with Crippen LogP contribution >= 0.6 is 0 Å². The summed E-state index contributed by atoms with van der Waals surface area (Å²) in [4.78, 5) is 22.9. The molecule has 1 fully saturated rings. The summed E-state index contributed by atoms with van der Waals surface area (Å²) >= 11 is 0. The number of nitrogens with zero attached hydrogens (tertiary/aromatic N) is 2. The van der Waals surface area contributed by atoms with E-state index in [9.17, 15) is 14.9 Å². The Morgan fingerprint density at radius 1 is 1.36 bits per heavy atom. The predicted octanol–water partition coefficient (Wildman–Crippen LogP) is 2.44. The Bertz CT molecular complexity index is 580. The molecular formula is C15H21N3O4. The molecule has 1 aromatic rings. The second-order valence-electron chi connectivity index (χ2n) is 5.75. The van der Waals surface area contributed by atoms with Gasteiger partial charge in [-0.3, -0.25) is 10.1 Å². The molecule has 0 aliphatic carbocycles. The molecule has 22 heavy (non-hydrogen) atoms. The molecule has 0 radical (unpaired) electrons. The van der Waals surface area contributed by atoms with E-state index in [0.717, 1.165) is 24.0 Å². The van der Waals surface area contributed by atoms with E-state index < -0.39 is 6.09 Å². The lowest BCUT2D eigenvalue weighted by atomic mass is 10.0. The molecule has 0 atom stereocenters. The first-order valence-corrected chi connectivity index (χ1v) is 7.34. The van der Waals surface area contributed by atoms with Gasteiger partial charge in [0.15, 0.2) is 0 Å². The molecule has 1 saturated heterocycles. The maximum Gasteiger partial charge on any atom is 0.407 e. The summed E-state index contributed by atoms with van der Waals surface area (Å²) in [6.07, 6.45) is 0.655. The van der Waals surface area contributed by atoms with Crippen LogP contribution in [0.4, 0.5) is 10.5 Å². The van der Waals surface area contributed by atoms with Crippen molar-refractivity contribution in [1.82, 2.24) is 10.2 Å². The van der Waals surface area contributed by atoms with E-state index in [1.807, 2.05) is 13.0 Å². The first-order valence-electron chi connectivity index (χ1n) is 7.34. The largest absolute Gasteiger partial charge is 0.465 e. The number of rotatable bonds is 4. The zero-order valence-corrected chi connectivity index (χ0v) is 12.8. The summed E-state index contributed by atoms with van der Waals surface area (Å²) in [5, 5.41) is 23.3. The van der Waals surface area contributed by atoms with Gasteiger partial charge in [0.1, 0.15) is 0 Å². The molecule has 1 amide bonds. The first kappa shape index (κ1) is 16.2. The van der Waals surface area contributed by atoms with Crippen LogP contribution in [0.25, 0.3) is 0 Å². The van der Waals surface area contributed by atoms with Crippen LogP contribution in [0.5, 0.6) is 0 Å². The van der Waals surface area contributed by atoms with Crippen LogP contribution in [0, 0.1) is 24.0 Å². The summed E-state index contributed by atoms with van der Waals surface area (Å²) in [5.41, 5.74) is 2.75. The van der Waals surface area contributed by atoms with Gasteiger partial charge in [-0.25, -0.2) is 4.79 Å². The number of amides is 1. The Labute approximate surface area is 129 Å². The zero-order valence-electron chi connectivity index (χ0n) is 12.8. The summed E-state index contributed by atoms with van der Waals surface area (Å²) in [5.74, 6) is 0. The van der Waals surface area contributed by atoms with Gasteiger partial charge in [-0.05, 0) is 43.9 Å². The quantitative estimate of drug-likeness (QED) is 0.658. The van der Waals surface area contributed by atoms with Crippen LogP contribution in [0.2, 0.25) is 0 Å². The van der Waals surface area contributed by atoms with Crippen molar-refractivity contribution in [3.05, 3.63) is 38.9 Å². The maximum absolute atomic E-state index is 11.0. The molecule has 7 nitrogen and oxygen atoms in total. The molecule has 2 rings (SSSR count). The van der Waals surface area contributed by atoms with Crippen molar-refractivity contribution in [3.8, 4) is 0 Å². The van der Waals surface area contributed by atoms with E-state index in [1.54, 1.807) is 13.0 Å². The molecule has 1 aliphatic rings. The number of piperidine rings is 1. The van der Waals surface area contributed by atoms with Crippen molar-refractivity contribution in [1.29, 1.82) is 0 Å². The van der Waals surface area contributed by atoms with Gasteiger partial charge in [-0.2, -0.15) is 0 Å². The number of likely N-dealkylation sites (tertiary alicyclic amines) is 1. The molecule has 120 valence electrons. The van der Waals surface area contributed by atoms with E-state index in [-0.39, 0.29) is 16.7 Å². The fourth-order valence-electron chi connectivity index (χ4n) is 2.80. The molecule has 0 saturated carbocycles. The predicted molar refractivity (Wildman–Crippen MR) is 82.0 cm³/mol. The van der Waals surface area contributed by atoms with Crippen molar-refractivity contribution in [3.63, 3.8) is 0 Å². The lowest BCUT2D eigenvalue weighted by molar-refractivity contribution is -0.385. The Kier molecular flexibility index (Phi) is 4.97. The average Bonchev–Trinajstić information content (AvgIpc) is 2.46. The fourth-order valence-corrected chi connectivity index (χ4v) is 2.80. The topological polar surface area (TPSA) is 95.7 Å². The van der Waals surface area contributed by atoms with Gasteiger partial charge in [0.25, 0.3) is 5.69 Å². The van der Waals surface area contributed by atoms with E-state index in [0.29, 0.717) is 25.2 Å². The lowest BCUT2D eigenvalue weighted by Gasteiger charge is -2.30. The van der Waals surface area contributed by atoms with Gasteiger partial charge in [-0.15, -0.1) is 0 Å². The van der Waals surface area contributed by atoms with Crippen molar-refractivity contribution >= 4 is 11.8 Å². The Balaban J connectivity index is 1.96. The second kappa shape index (κ2) is 6.74. The van der Waals surface area contributed by atoms with Crippen molar-refractivity contribution in [2.45, 2.75) is 39.3 Å². The number of nitro benzene ring substituents is 1. The SMILES string of the molecule is Cc1cc(C)c([N+](=O)[O-])cc1CNC1CCN(C(=O)O)CC1. The minimum absolute atomic E-state index is 0.142. The number of aryl methyl sites for hydroxylation is 2. The molecule has 0 aromatic heterocycles. The van der Waals surface area contributed by atoms with Crippen LogP contribution in [0.3, 0.4) is 0 Å². The Morgan fingerprint density at radius 3 is 2.55 bits per heavy atom. The molecular weight excluding hydrogens is 286 g/mol. The highest BCUT2D eigenvalue weighted by Crippen LogP contribution is 2.23. The molecule has 7 heteroatoms.